The Balaban J connectivity index is 0.00000300. The smallest absolute Gasteiger partial charge is 0.279 e. The summed E-state index contributed by atoms with van der Waals surface area (Å²) in [6.45, 7) is -0.594. The molecule has 0 fully saturated rings. The Hall–Kier alpha value is -2.88. The van der Waals surface area contributed by atoms with Gasteiger partial charge in [-0.1, -0.05) is 17.7 Å². The molecule has 3 N–H and O–H groups in total. The van der Waals surface area contributed by atoms with Crippen LogP contribution in [0.2, 0.25) is 5.02 Å². The van der Waals surface area contributed by atoms with E-state index in [9.17, 15) is 29.0 Å². The highest BCUT2D eigenvalue weighted by Gasteiger charge is 2.20. The molecule has 0 saturated heterocycles. The molecule has 0 radical (unpaired) electrons. The predicted molar refractivity (Wildman–Crippen MR) is 107 cm³/mol. The number of hydrogen-bond donors (Lipinski definition) is 3. The molecule has 0 saturated carbocycles. The number of hydrogen-bond acceptors (Lipinski definition) is 5. The van der Waals surface area contributed by atoms with Gasteiger partial charge in [-0.15, -0.1) is 12.4 Å². The molecule has 0 spiro atoms. The van der Waals surface area contributed by atoms with Crippen LogP contribution in [0.5, 0.6) is 5.75 Å². The Morgan fingerprint density at radius 1 is 1.28 bits per heavy atom. The molecule has 3 rings (SSSR count). The Kier molecular flexibility index (Phi) is 6.68. The van der Waals surface area contributed by atoms with E-state index < -0.39 is 40.6 Å². The fourth-order valence-electron chi connectivity index (χ4n) is 2.83. The maximum atomic E-state index is 13.3. The minimum Gasteiger partial charge on any atom is -0.503 e. The average molecular weight is 444 g/mol. The van der Waals surface area contributed by atoms with Gasteiger partial charge in [-0.25, -0.2) is 4.39 Å². The van der Waals surface area contributed by atoms with Gasteiger partial charge in [-0.3, -0.25) is 14.4 Å². The summed E-state index contributed by atoms with van der Waals surface area (Å²) >= 11 is 5.75. The highest BCUT2D eigenvalue weighted by atomic mass is 35.5. The number of nitrogens with zero attached hydrogens (tertiary/aromatic N) is 2. The molecule has 3 aromatic rings. The molecule has 0 aliphatic carbocycles. The van der Waals surface area contributed by atoms with Crippen molar-refractivity contribution in [3.8, 4) is 5.75 Å². The number of nitrogens with one attached hydrogen (secondary N) is 1. The van der Waals surface area contributed by atoms with Gasteiger partial charge in [0, 0.05) is 19.4 Å². The number of benzene rings is 1. The van der Waals surface area contributed by atoms with Crippen molar-refractivity contribution in [2.45, 2.75) is 13.2 Å². The summed E-state index contributed by atoms with van der Waals surface area (Å²) in [4.78, 5) is 37.0. The number of carbonyl (C=O) groups is 1. The third-order valence-electron chi connectivity index (χ3n) is 4.23. The summed E-state index contributed by atoms with van der Waals surface area (Å²) in [7, 11) is 1.31. The summed E-state index contributed by atoms with van der Waals surface area (Å²) < 4.78 is 15.6. The number of rotatable bonds is 4. The summed E-state index contributed by atoms with van der Waals surface area (Å²) in [5.74, 6) is -2.27. The molecule has 154 valence electrons. The molecule has 0 bridgehead atoms. The number of aliphatic hydroxyl groups is 1. The molecule has 0 aliphatic rings. The van der Waals surface area contributed by atoms with Crippen molar-refractivity contribution in [3.05, 3.63) is 78.8 Å². The quantitative estimate of drug-likeness (QED) is 0.562. The molecular formula is C18H16Cl2FN3O5. The minimum absolute atomic E-state index is 0. The number of aromatic hydroxyl groups is 1. The maximum Gasteiger partial charge on any atom is 0.279 e. The van der Waals surface area contributed by atoms with Crippen LogP contribution in [0.1, 0.15) is 21.6 Å². The molecule has 0 unspecified atom stereocenters. The van der Waals surface area contributed by atoms with Crippen LogP contribution in [0.3, 0.4) is 0 Å². The summed E-state index contributed by atoms with van der Waals surface area (Å²) in [5.41, 5.74) is -1.89. The maximum absolute atomic E-state index is 13.3. The molecule has 8 nitrogen and oxygen atoms in total. The fraction of sp³-hybridized carbons (Fsp3) is 0.167. The Morgan fingerprint density at radius 2 is 1.97 bits per heavy atom. The second-order valence-corrected chi connectivity index (χ2v) is 6.39. The van der Waals surface area contributed by atoms with Crippen molar-refractivity contribution < 1.29 is 19.4 Å². The zero-order valence-electron chi connectivity index (χ0n) is 15.0. The molecular weight excluding hydrogens is 428 g/mol. The van der Waals surface area contributed by atoms with Gasteiger partial charge in [0.25, 0.3) is 11.5 Å². The molecule has 1 aromatic carbocycles. The average Bonchev–Trinajstić information content (AvgIpc) is 2.68. The third kappa shape index (κ3) is 3.98. The highest BCUT2D eigenvalue weighted by Crippen LogP contribution is 2.18. The molecule has 0 atom stereocenters. The fourth-order valence-corrected chi connectivity index (χ4v) is 3.04. The Morgan fingerprint density at radius 3 is 2.55 bits per heavy atom. The lowest BCUT2D eigenvalue weighted by atomic mass is 10.2. The standard InChI is InChI=1S/C18H15ClFN3O5.ClH/c1-21-17(27)11-7-23-10(8-24)6-22(18(28)14(23)16(26)15(11)25)5-9-2-3-13(20)12(19)4-9;/h2-4,6-7,24,26H,5,8H2,1H3,(H,21,27);1H. The van der Waals surface area contributed by atoms with Crippen molar-refractivity contribution in [3.63, 3.8) is 0 Å². The first kappa shape index (κ1) is 22.4. The number of pyridine rings is 1. The summed E-state index contributed by atoms with van der Waals surface area (Å²) in [5, 5.41) is 22.1. The lowest BCUT2D eigenvalue weighted by molar-refractivity contribution is 0.0961. The van der Waals surface area contributed by atoms with E-state index in [1.165, 1.54) is 25.4 Å². The van der Waals surface area contributed by atoms with Crippen LogP contribution in [0.15, 0.2) is 40.2 Å². The monoisotopic (exact) mass is 443 g/mol. The first-order valence-electron chi connectivity index (χ1n) is 8.06. The Bertz CT molecular complexity index is 1220. The number of carbonyl (C=O) groups excluding carboxylic acids is 1. The third-order valence-corrected chi connectivity index (χ3v) is 4.52. The number of aromatic nitrogens is 2. The van der Waals surface area contributed by atoms with Gasteiger partial charge in [-0.05, 0) is 17.7 Å². The molecule has 0 aliphatic heterocycles. The highest BCUT2D eigenvalue weighted by molar-refractivity contribution is 6.30. The largest absolute Gasteiger partial charge is 0.503 e. The molecule has 2 heterocycles. The van der Waals surface area contributed by atoms with Crippen LogP contribution in [0.4, 0.5) is 4.39 Å². The number of amides is 1. The number of aliphatic hydroxyl groups excluding tert-OH is 1. The minimum atomic E-state index is -1.01. The van der Waals surface area contributed by atoms with E-state index in [0.29, 0.717) is 5.56 Å². The van der Waals surface area contributed by atoms with Crippen LogP contribution in [0, 0.1) is 5.82 Å². The Labute approximate surface area is 174 Å². The van der Waals surface area contributed by atoms with E-state index >= 15 is 0 Å². The van der Waals surface area contributed by atoms with E-state index in [4.69, 9.17) is 11.6 Å². The van der Waals surface area contributed by atoms with Crippen LogP contribution in [-0.2, 0) is 13.2 Å². The van der Waals surface area contributed by atoms with Crippen molar-refractivity contribution in [2.75, 3.05) is 7.05 Å². The summed E-state index contributed by atoms with van der Waals surface area (Å²) in [6.07, 6.45) is 2.40. The summed E-state index contributed by atoms with van der Waals surface area (Å²) in [6, 6.07) is 3.92. The van der Waals surface area contributed by atoms with Gasteiger partial charge in [0.05, 0.1) is 23.9 Å². The number of halogens is 3. The second kappa shape index (κ2) is 8.64. The van der Waals surface area contributed by atoms with E-state index in [-0.39, 0.29) is 35.2 Å². The van der Waals surface area contributed by atoms with Crippen LogP contribution in [-0.4, -0.2) is 32.1 Å². The van der Waals surface area contributed by atoms with Crippen LogP contribution >= 0.6 is 24.0 Å². The van der Waals surface area contributed by atoms with E-state index in [1.54, 1.807) is 0 Å². The molecule has 11 heteroatoms. The molecule has 1 amide bonds. The lowest BCUT2D eigenvalue weighted by Gasteiger charge is -2.14. The number of fused-ring (bicyclic) bond motifs is 1. The van der Waals surface area contributed by atoms with Crippen molar-refractivity contribution in [2.24, 2.45) is 0 Å². The van der Waals surface area contributed by atoms with Gasteiger partial charge >= 0.3 is 0 Å². The lowest BCUT2D eigenvalue weighted by Crippen LogP contribution is -2.30. The van der Waals surface area contributed by atoms with Crippen LogP contribution < -0.4 is 16.3 Å². The van der Waals surface area contributed by atoms with E-state index in [2.05, 4.69) is 5.32 Å². The normalized spacial score (nSPS) is 10.6. The van der Waals surface area contributed by atoms with Crippen LogP contribution in [0.25, 0.3) is 5.52 Å². The zero-order chi connectivity index (χ0) is 20.6. The molecule has 2 aromatic heterocycles. The zero-order valence-corrected chi connectivity index (χ0v) is 16.6. The van der Waals surface area contributed by atoms with E-state index in [0.717, 1.165) is 21.2 Å². The van der Waals surface area contributed by atoms with Gasteiger partial charge in [-0.2, -0.15) is 0 Å². The van der Waals surface area contributed by atoms with Crippen molar-refractivity contribution >= 4 is 35.4 Å². The topological polar surface area (TPSA) is 113 Å². The van der Waals surface area contributed by atoms with Gasteiger partial charge in [0.2, 0.25) is 5.43 Å². The van der Waals surface area contributed by atoms with Crippen molar-refractivity contribution in [1.82, 2.24) is 14.3 Å². The van der Waals surface area contributed by atoms with Crippen molar-refractivity contribution in [1.29, 1.82) is 0 Å². The predicted octanol–water partition coefficient (Wildman–Crippen LogP) is 1.28. The second-order valence-electron chi connectivity index (χ2n) is 5.98. The van der Waals surface area contributed by atoms with Gasteiger partial charge < -0.3 is 24.5 Å². The van der Waals surface area contributed by atoms with E-state index in [1.807, 2.05) is 0 Å². The van der Waals surface area contributed by atoms with Gasteiger partial charge in [0.1, 0.15) is 11.4 Å². The molecule has 29 heavy (non-hydrogen) atoms. The first-order chi connectivity index (χ1) is 13.3. The van der Waals surface area contributed by atoms with Gasteiger partial charge in [0.15, 0.2) is 11.3 Å². The SMILES string of the molecule is CNC(=O)c1cn2c(CO)cn(Cc3ccc(F)c(Cl)c3)c(=O)c2c(O)c1=O.Cl. The first-order valence-corrected chi connectivity index (χ1v) is 8.43.